The van der Waals surface area contributed by atoms with Gasteiger partial charge < -0.3 is 5.32 Å². The van der Waals surface area contributed by atoms with Gasteiger partial charge in [-0.15, -0.1) is 11.3 Å². The van der Waals surface area contributed by atoms with Crippen molar-refractivity contribution in [2.24, 2.45) is 0 Å². The Morgan fingerprint density at radius 2 is 1.96 bits per heavy atom. The lowest BCUT2D eigenvalue weighted by Gasteiger charge is -2.05. The number of rotatable bonds is 4. The Morgan fingerprint density at radius 3 is 2.67 bits per heavy atom. The van der Waals surface area contributed by atoms with Crippen LogP contribution in [0.1, 0.15) is 15.5 Å². The predicted octanol–water partition coefficient (Wildman–Crippen LogP) is 5.21. The third-order valence-electron chi connectivity index (χ3n) is 3.95. The second-order valence-electron chi connectivity index (χ2n) is 5.91. The van der Waals surface area contributed by atoms with E-state index in [9.17, 15) is 4.79 Å². The van der Waals surface area contributed by atoms with Crippen molar-refractivity contribution in [2.75, 3.05) is 5.32 Å². The van der Waals surface area contributed by atoms with Gasteiger partial charge in [-0.1, -0.05) is 29.8 Å². The summed E-state index contributed by atoms with van der Waals surface area (Å²) < 4.78 is 1.62. The Bertz CT molecular complexity index is 1100. The number of hydrogen-bond acceptors (Lipinski definition) is 4. The average molecular weight is 395 g/mol. The van der Waals surface area contributed by atoms with Gasteiger partial charge >= 0.3 is 0 Å². The molecule has 2 heterocycles. The summed E-state index contributed by atoms with van der Waals surface area (Å²) in [7, 11) is 0. The van der Waals surface area contributed by atoms with Crippen LogP contribution in [0.15, 0.2) is 66.2 Å². The monoisotopic (exact) mass is 394 g/mol. The lowest BCUT2D eigenvalue weighted by atomic mass is 10.1. The molecule has 27 heavy (non-hydrogen) atoms. The first-order chi connectivity index (χ1) is 13.1. The summed E-state index contributed by atoms with van der Waals surface area (Å²) in [5.74, 6) is -0.270. The van der Waals surface area contributed by atoms with E-state index < -0.39 is 0 Å². The minimum Gasteiger partial charge on any atom is -0.321 e. The first-order valence-corrected chi connectivity index (χ1v) is 9.50. The Morgan fingerprint density at radius 1 is 1.15 bits per heavy atom. The average Bonchev–Trinajstić information content (AvgIpc) is 3.32. The van der Waals surface area contributed by atoms with E-state index in [-0.39, 0.29) is 5.91 Å². The van der Waals surface area contributed by atoms with E-state index in [2.05, 4.69) is 15.4 Å². The maximum Gasteiger partial charge on any atom is 0.276 e. The first kappa shape index (κ1) is 17.5. The van der Waals surface area contributed by atoms with Crippen LogP contribution in [0.3, 0.4) is 0 Å². The van der Waals surface area contributed by atoms with Crippen molar-refractivity contribution in [1.29, 1.82) is 0 Å². The number of hydrogen-bond donors (Lipinski definition) is 1. The van der Waals surface area contributed by atoms with Gasteiger partial charge in [-0.25, -0.2) is 9.67 Å². The molecular formula is C20H15ClN4OS. The number of nitrogens with zero attached hydrogens (tertiary/aromatic N) is 3. The van der Waals surface area contributed by atoms with Gasteiger partial charge in [0.1, 0.15) is 0 Å². The third kappa shape index (κ3) is 3.92. The number of anilines is 1. The quantitative estimate of drug-likeness (QED) is 0.516. The van der Waals surface area contributed by atoms with E-state index in [0.29, 0.717) is 16.4 Å². The molecule has 0 spiro atoms. The molecule has 4 aromatic rings. The molecule has 0 aliphatic heterocycles. The van der Waals surface area contributed by atoms with Gasteiger partial charge in [0.15, 0.2) is 5.69 Å². The van der Waals surface area contributed by atoms with Crippen molar-refractivity contribution in [3.05, 3.63) is 81.9 Å². The highest BCUT2D eigenvalue weighted by molar-refractivity contribution is 7.09. The van der Waals surface area contributed by atoms with Crippen molar-refractivity contribution in [2.45, 2.75) is 6.92 Å². The molecule has 7 heteroatoms. The number of thiazole rings is 1. The molecule has 134 valence electrons. The molecule has 0 atom stereocenters. The summed E-state index contributed by atoms with van der Waals surface area (Å²) in [6.07, 6.45) is 1.73. The van der Waals surface area contributed by atoms with Crippen molar-refractivity contribution >= 4 is 34.5 Å². The standard InChI is InChI=1S/C20H15ClN4OS/c1-13-22-19(12-27-13)14-5-7-16(8-6-14)23-20(26)18-9-10-25(24-18)17-4-2-3-15(21)11-17/h2-12H,1H3,(H,23,26). The summed E-state index contributed by atoms with van der Waals surface area (Å²) in [4.78, 5) is 16.9. The molecule has 0 fully saturated rings. The fraction of sp³-hybridized carbons (Fsp3) is 0.0500. The van der Waals surface area contributed by atoms with Crippen LogP contribution < -0.4 is 5.32 Å². The highest BCUT2D eigenvalue weighted by Crippen LogP contribution is 2.23. The molecule has 0 aliphatic rings. The molecule has 1 N–H and O–H groups in total. The van der Waals surface area contributed by atoms with E-state index in [1.807, 2.05) is 48.7 Å². The zero-order valence-corrected chi connectivity index (χ0v) is 16.0. The van der Waals surface area contributed by atoms with Crippen LogP contribution in [0.25, 0.3) is 16.9 Å². The van der Waals surface area contributed by atoms with Gasteiger partial charge in [0.2, 0.25) is 0 Å². The summed E-state index contributed by atoms with van der Waals surface area (Å²) >= 11 is 7.62. The van der Waals surface area contributed by atoms with Crippen molar-refractivity contribution < 1.29 is 4.79 Å². The molecule has 1 amide bonds. The molecule has 0 unspecified atom stereocenters. The summed E-state index contributed by atoms with van der Waals surface area (Å²) in [6.45, 7) is 1.98. The van der Waals surface area contributed by atoms with E-state index in [1.54, 1.807) is 40.4 Å². The predicted molar refractivity (Wildman–Crippen MR) is 109 cm³/mol. The molecule has 4 rings (SSSR count). The summed E-state index contributed by atoms with van der Waals surface area (Å²) in [5, 5.41) is 10.8. The highest BCUT2D eigenvalue weighted by Gasteiger charge is 2.11. The smallest absolute Gasteiger partial charge is 0.276 e. The van der Waals surface area contributed by atoms with Crippen LogP contribution in [-0.2, 0) is 0 Å². The molecule has 2 aromatic heterocycles. The second-order valence-corrected chi connectivity index (χ2v) is 7.41. The lowest BCUT2D eigenvalue weighted by molar-refractivity contribution is 0.102. The van der Waals surface area contributed by atoms with Crippen molar-refractivity contribution in [3.63, 3.8) is 0 Å². The molecule has 0 saturated carbocycles. The fourth-order valence-corrected chi connectivity index (χ4v) is 3.43. The summed E-state index contributed by atoms with van der Waals surface area (Å²) in [6, 6.07) is 16.6. The fourth-order valence-electron chi connectivity index (χ4n) is 2.62. The number of aryl methyl sites for hydroxylation is 1. The van der Waals surface area contributed by atoms with Gasteiger partial charge in [0, 0.05) is 27.9 Å². The Kier molecular flexibility index (Phi) is 4.75. The maximum atomic E-state index is 12.5. The number of aromatic nitrogens is 3. The van der Waals surface area contributed by atoms with Crippen molar-refractivity contribution in [3.8, 4) is 16.9 Å². The van der Waals surface area contributed by atoms with E-state index in [0.717, 1.165) is 22.0 Å². The normalized spacial score (nSPS) is 10.7. The van der Waals surface area contributed by atoms with Crippen LogP contribution in [0, 0.1) is 6.92 Å². The molecule has 5 nitrogen and oxygen atoms in total. The maximum absolute atomic E-state index is 12.5. The van der Waals surface area contributed by atoms with E-state index >= 15 is 0 Å². The lowest BCUT2D eigenvalue weighted by Crippen LogP contribution is -2.13. The molecule has 0 radical (unpaired) electrons. The Hall–Kier alpha value is -2.96. The van der Waals surface area contributed by atoms with Gasteiger partial charge in [0.25, 0.3) is 5.91 Å². The molecule has 0 saturated heterocycles. The van der Waals surface area contributed by atoms with Crippen LogP contribution in [0.5, 0.6) is 0 Å². The van der Waals surface area contributed by atoms with Gasteiger partial charge in [-0.05, 0) is 43.3 Å². The second kappa shape index (κ2) is 7.34. The number of benzene rings is 2. The zero-order chi connectivity index (χ0) is 18.8. The molecule has 0 bridgehead atoms. The largest absolute Gasteiger partial charge is 0.321 e. The summed E-state index contributed by atoms with van der Waals surface area (Å²) in [5.41, 5.74) is 3.78. The van der Waals surface area contributed by atoms with Crippen LogP contribution in [0.4, 0.5) is 5.69 Å². The van der Waals surface area contributed by atoms with E-state index in [1.165, 1.54) is 0 Å². The van der Waals surface area contributed by atoms with Crippen LogP contribution in [0.2, 0.25) is 5.02 Å². The SMILES string of the molecule is Cc1nc(-c2ccc(NC(=O)c3ccn(-c4cccc(Cl)c4)n3)cc2)cs1. The first-order valence-electron chi connectivity index (χ1n) is 8.24. The van der Waals surface area contributed by atoms with Crippen LogP contribution >= 0.6 is 22.9 Å². The molecule has 0 aliphatic carbocycles. The molecular weight excluding hydrogens is 380 g/mol. The number of amides is 1. The third-order valence-corrected chi connectivity index (χ3v) is 4.96. The van der Waals surface area contributed by atoms with Crippen molar-refractivity contribution in [1.82, 2.24) is 14.8 Å². The number of carbonyl (C=O) groups is 1. The highest BCUT2D eigenvalue weighted by atomic mass is 35.5. The topological polar surface area (TPSA) is 59.8 Å². The van der Waals surface area contributed by atoms with Crippen LogP contribution in [-0.4, -0.2) is 20.7 Å². The number of nitrogens with one attached hydrogen (secondary N) is 1. The Labute approximate surface area is 165 Å². The molecule has 2 aromatic carbocycles. The Balaban J connectivity index is 1.48. The van der Waals surface area contributed by atoms with Gasteiger partial charge in [0.05, 0.1) is 16.4 Å². The minimum absolute atomic E-state index is 0.270. The zero-order valence-electron chi connectivity index (χ0n) is 14.4. The van der Waals surface area contributed by atoms with Gasteiger partial charge in [-0.2, -0.15) is 5.10 Å². The number of halogens is 1. The van der Waals surface area contributed by atoms with E-state index in [4.69, 9.17) is 11.6 Å². The van der Waals surface area contributed by atoms with Gasteiger partial charge in [-0.3, -0.25) is 4.79 Å². The number of carbonyl (C=O) groups excluding carboxylic acids is 1. The minimum atomic E-state index is -0.270.